The van der Waals surface area contributed by atoms with Gasteiger partial charge in [0.05, 0.1) is 6.61 Å². The molecule has 1 unspecified atom stereocenters. The van der Waals surface area contributed by atoms with Crippen molar-refractivity contribution in [1.82, 2.24) is 0 Å². The maximum atomic E-state index is 11.6. The van der Waals surface area contributed by atoms with Crippen molar-refractivity contribution in [1.29, 1.82) is 0 Å². The first-order valence-corrected chi connectivity index (χ1v) is 5.12. The molecule has 7 heteroatoms. The molecule has 0 saturated heterocycles. The molecule has 0 bridgehead atoms. The van der Waals surface area contributed by atoms with Gasteiger partial charge < -0.3 is 14.9 Å². The Hall–Kier alpha value is -1.60. The lowest BCUT2D eigenvalue weighted by Gasteiger charge is -2.39. The molecule has 7 nitrogen and oxygen atoms in total. The molecule has 0 aromatic rings. The van der Waals surface area contributed by atoms with Crippen molar-refractivity contribution >= 4 is 23.3 Å². The number of carbonyl (C=O) groups is 4. The van der Waals surface area contributed by atoms with Gasteiger partial charge in [-0.15, -0.1) is 0 Å². The number of Topliss-reactive ketones (excluding diaryl/α,β-unsaturated/α-hetero) is 3. The smallest absolute Gasteiger partial charge is 0.304 e. The number of hydrogen-bond acceptors (Lipinski definition) is 7. The maximum Gasteiger partial charge on any atom is 0.304 e. The van der Waals surface area contributed by atoms with E-state index in [1.807, 2.05) is 0 Å². The number of hydrogen-bond donors (Lipinski definition) is 2. The van der Waals surface area contributed by atoms with E-state index in [1.54, 1.807) is 0 Å². The van der Waals surface area contributed by atoms with E-state index in [2.05, 4.69) is 4.74 Å². The minimum atomic E-state index is -2.80. The van der Waals surface area contributed by atoms with Gasteiger partial charge in [-0.25, -0.2) is 0 Å². The Morgan fingerprint density at radius 3 is 1.50 bits per heavy atom. The molecule has 0 aliphatic heterocycles. The fraction of sp³-hybridized carbons (Fsp3) is 0.636. The van der Waals surface area contributed by atoms with Crippen LogP contribution in [0, 0.1) is 0 Å². The van der Waals surface area contributed by atoms with E-state index in [9.17, 15) is 24.3 Å². The largest absolute Gasteiger partial charge is 0.439 e. The van der Waals surface area contributed by atoms with Gasteiger partial charge >= 0.3 is 5.97 Å². The average Bonchev–Trinajstić information content (AvgIpc) is 2.23. The fourth-order valence-electron chi connectivity index (χ4n) is 1.74. The average molecular weight is 260 g/mol. The molecule has 0 aliphatic rings. The summed E-state index contributed by atoms with van der Waals surface area (Å²) in [4.78, 5) is 45.7. The van der Waals surface area contributed by atoms with Crippen molar-refractivity contribution in [2.24, 2.45) is 0 Å². The quantitative estimate of drug-likeness (QED) is 0.454. The molecule has 1 atom stereocenters. The van der Waals surface area contributed by atoms with Crippen LogP contribution in [0.3, 0.4) is 0 Å². The number of aliphatic hydroxyl groups excluding tert-OH is 1. The van der Waals surface area contributed by atoms with Crippen molar-refractivity contribution < 1.29 is 34.1 Å². The minimum absolute atomic E-state index is 0.875. The van der Waals surface area contributed by atoms with Gasteiger partial charge in [-0.3, -0.25) is 19.2 Å². The molecule has 0 aromatic carbocycles. The zero-order chi connectivity index (χ0) is 14.7. The van der Waals surface area contributed by atoms with E-state index in [0.717, 1.165) is 27.7 Å². The van der Waals surface area contributed by atoms with Crippen molar-refractivity contribution in [2.75, 3.05) is 6.61 Å². The van der Waals surface area contributed by atoms with E-state index in [-0.39, 0.29) is 0 Å². The zero-order valence-corrected chi connectivity index (χ0v) is 10.6. The Morgan fingerprint density at radius 2 is 1.33 bits per heavy atom. The van der Waals surface area contributed by atoms with Gasteiger partial charge in [-0.05, 0) is 20.8 Å². The Kier molecular flexibility index (Phi) is 4.89. The fourth-order valence-corrected chi connectivity index (χ4v) is 1.74. The number of rotatable bonds is 6. The van der Waals surface area contributed by atoms with Gasteiger partial charge in [0.25, 0.3) is 5.60 Å². The molecule has 0 rings (SSSR count). The Labute approximate surface area is 104 Å². The van der Waals surface area contributed by atoms with Crippen LogP contribution < -0.4 is 0 Å². The van der Waals surface area contributed by atoms with Gasteiger partial charge in [-0.1, -0.05) is 0 Å². The highest BCUT2D eigenvalue weighted by Gasteiger charge is 2.63. The van der Waals surface area contributed by atoms with Gasteiger partial charge in [0.15, 0.2) is 23.0 Å². The second-order valence-corrected chi connectivity index (χ2v) is 3.96. The highest BCUT2D eigenvalue weighted by atomic mass is 16.6. The van der Waals surface area contributed by atoms with Crippen LogP contribution in [0.1, 0.15) is 27.7 Å². The molecule has 18 heavy (non-hydrogen) atoms. The molecule has 0 saturated carbocycles. The Balaban J connectivity index is 6.16. The first-order valence-electron chi connectivity index (χ1n) is 5.12. The lowest BCUT2D eigenvalue weighted by atomic mass is 9.75. The third-order valence-electron chi connectivity index (χ3n) is 2.68. The molecule has 0 aliphatic carbocycles. The van der Waals surface area contributed by atoms with E-state index in [1.165, 1.54) is 0 Å². The van der Waals surface area contributed by atoms with Gasteiger partial charge in [-0.2, -0.15) is 0 Å². The molecule has 0 amide bonds. The van der Waals surface area contributed by atoms with Crippen LogP contribution in [0.4, 0.5) is 0 Å². The molecule has 2 N–H and O–H groups in total. The Morgan fingerprint density at radius 1 is 0.944 bits per heavy atom. The number of esters is 1. The molecule has 102 valence electrons. The normalized spacial score (nSPS) is 14.6. The molecule has 0 radical (unpaired) electrons. The first-order chi connectivity index (χ1) is 8.06. The van der Waals surface area contributed by atoms with Crippen molar-refractivity contribution in [2.45, 2.75) is 38.9 Å². The summed E-state index contributed by atoms with van der Waals surface area (Å²) in [6, 6.07) is 0. The first kappa shape index (κ1) is 16.4. The number of carbonyl (C=O) groups excluding carboxylic acids is 4. The number of aliphatic hydroxyl groups is 2. The summed E-state index contributed by atoms with van der Waals surface area (Å²) in [7, 11) is 0. The second kappa shape index (κ2) is 5.36. The molecule has 0 aromatic heterocycles. The molecule has 0 fully saturated rings. The third kappa shape index (κ3) is 2.32. The van der Waals surface area contributed by atoms with Crippen molar-refractivity contribution in [3.05, 3.63) is 0 Å². The van der Waals surface area contributed by atoms with E-state index >= 15 is 0 Å². The lowest BCUT2D eigenvalue weighted by Crippen LogP contribution is -2.69. The predicted molar refractivity (Wildman–Crippen MR) is 58.6 cm³/mol. The Bertz CT molecular complexity index is 384. The van der Waals surface area contributed by atoms with Crippen LogP contribution in [0.2, 0.25) is 0 Å². The molecule has 0 heterocycles. The third-order valence-corrected chi connectivity index (χ3v) is 2.68. The summed E-state index contributed by atoms with van der Waals surface area (Å²) in [5, 5.41) is 19.2. The SMILES string of the molecule is CC(=O)OC(C(C)=O)(C(C)=O)C(O)(CO)C(C)=O. The van der Waals surface area contributed by atoms with Crippen LogP contribution in [-0.4, -0.2) is 51.3 Å². The van der Waals surface area contributed by atoms with Gasteiger partial charge in [0, 0.05) is 6.92 Å². The van der Waals surface area contributed by atoms with Crippen molar-refractivity contribution in [3.63, 3.8) is 0 Å². The monoisotopic (exact) mass is 260 g/mol. The summed E-state index contributed by atoms with van der Waals surface area (Å²) in [5.41, 5.74) is -5.52. The summed E-state index contributed by atoms with van der Waals surface area (Å²) in [6.45, 7) is 2.33. The van der Waals surface area contributed by atoms with Crippen molar-refractivity contribution in [3.8, 4) is 0 Å². The standard InChI is InChI=1S/C11H16O7/c1-6(13)10(17,5-12)11(7(2)14,8(3)15)18-9(4)16/h12,17H,5H2,1-4H3. The summed E-state index contributed by atoms with van der Waals surface area (Å²) >= 11 is 0. The minimum Gasteiger partial charge on any atom is -0.439 e. The second-order valence-electron chi connectivity index (χ2n) is 3.96. The maximum absolute atomic E-state index is 11.6. The van der Waals surface area contributed by atoms with Crippen LogP contribution in [0.5, 0.6) is 0 Å². The van der Waals surface area contributed by atoms with Crippen LogP contribution in [0.15, 0.2) is 0 Å². The topological polar surface area (TPSA) is 118 Å². The summed E-state index contributed by atoms with van der Waals surface area (Å²) in [5.74, 6) is -4.18. The predicted octanol–water partition coefficient (Wildman–Crippen LogP) is -1.22. The van der Waals surface area contributed by atoms with Gasteiger partial charge in [0.1, 0.15) is 0 Å². The zero-order valence-electron chi connectivity index (χ0n) is 10.6. The molecular weight excluding hydrogens is 244 g/mol. The van der Waals surface area contributed by atoms with Gasteiger partial charge in [0.2, 0.25) is 0 Å². The van der Waals surface area contributed by atoms with Crippen LogP contribution >= 0.6 is 0 Å². The lowest BCUT2D eigenvalue weighted by molar-refractivity contribution is -0.205. The molecular formula is C11H16O7. The van der Waals surface area contributed by atoms with E-state index in [0.29, 0.717) is 0 Å². The van der Waals surface area contributed by atoms with E-state index in [4.69, 9.17) is 5.11 Å². The number of ether oxygens (including phenoxy) is 1. The molecule has 0 spiro atoms. The highest BCUT2D eigenvalue weighted by Crippen LogP contribution is 2.30. The highest BCUT2D eigenvalue weighted by molar-refractivity contribution is 6.15. The van der Waals surface area contributed by atoms with E-state index < -0.39 is 41.1 Å². The number of ketones is 3. The summed E-state index contributed by atoms with van der Waals surface area (Å²) < 4.78 is 4.61. The summed E-state index contributed by atoms with van der Waals surface area (Å²) in [6.07, 6.45) is 0. The van der Waals surface area contributed by atoms with Crippen LogP contribution in [0.25, 0.3) is 0 Å². The van der Waals surface area contributed by atoms with Crippen LogP contribution in [-0.2, 0) is 23.9 Å².